The van der Waals surface area contributed by atoms with Crippen molar-refractivity contribution >= 4 is 17.4 Å². The van der Waals surface area contributed by atoms with Crippen LogP contribution in [0.25, 0.3) is 5.76 Å². The number of nitrogens with zero attached hydrogens (tertiary/aromatic N) is 2. The van der Waals surface area contributed by atoms with Crippen LogP contribution in [-0.2, 0) is 9.59 Å². The fourth-order valence-electron chi connectivity index (χ4n) is 4.62. The minimum atomic E-state index is -0.665. The Morgan fingerprint density at radius 3 is 2.32 bits per heavy atom. The predicted octanol–water partition coefficient (Wildman–Crippen LogP) is 4.81. The lowest BCUT2D eigenvalue weighted by molar-refractivity contribution is -0.139. The van der Waals surface area contributed by atoms with Gasteiger partial charge in [0, 0.05) is 6.54 Å². The van der Waals surface area contributed by atoms with E-state index in [-0.39, 0.29) is 11.3 Å². The number of likely N-dealkylation sites (tertiary alicyclic amines) is 1. The molecule has 2 aromatic rings. The molecule has 1 N–H and O–H groups in total. The minimum Gasteiger partial charge on any atom is -0.507 e. The van der Waals surface area contributed by atoms with Gasteiger partial charge in [0.05, 0.1) is 24.3 Å². The van der Waals surface area contributed by atoms with E-state index in [1.807, 2.05) is 63.2 Å². The molecule has 1 saturated heterocycles. The SMILES string of the molecule is COc1c(C)cc(C)cc1/C(O)=C1\C(=O)C(=O)N(CCCN(C)C)C1c1ccc(C(C)C)cc1. The quantitative estimate of drug-likeness (QED) is 0.345. The second-order valence-electron chi connectivity index (χ2n) is 9.63. The van der Waals surface area contributed by atoms with Crippen LogP contribution in [0.4, 0.5) is 0 Å². The fourth-order valence-corrected chi connectivity index (χ4v) is 4.62. The number of aliphatic hydroxyl groups is 1. The predicted molar refractivity (Wildman–Crippen MR) is 135 cm³/mol. The molecular formula is C28H36N2O4. The lowest BCUT2D eigenvalue weighted by Crippen LogP contribution is -2.32. The Hall–Kier alpha value is -3.12. The number of rotatable bonds is 8. The highest BCUT2D eigenvalue weighted by Gasteiger charge is 2.46. The number of aryl methyl sites for hydroxylation is 2. The second kappa shape index (κ2) is 10.4. The van der Waals surface area contributed by atoms with Gasteiger partial charge in [-0.25, -0.2) is 0 Å². The van der Waals surface area contributed by atoms with Crippen molar-refractivity contribution in [2.75, 3.05) is 34.3 Å². The van der Waals surface area contributed by atoms with Crippen molar-refractivity contribution in [1.82, 2.24) is 9.80 Å². The third-order valence-corrected chi connectivity index (χ3v) is 6.34. The highest BCUT2D eigenvalue weighted by Crippen LogP contribution is 2.42. The number of aliphatic hydroxyl groups excluding tert-OH is 1. The van der Waals surface area contributed by atoms with Gasteiger partial charge in [-0.3, -0.25) is 9.59 Å². The molecule has 0 aliphatic carbocycles. The maximum atomic E-state index is 13.3. The Morgan fingerprint density at radius 2 is 1.76 bits per heavy atom. The van der Waals surface area contributed by atoms with Gasteiger partial charge in [0.2, 0.25) is 0 Å². The van der Waals surface area contributed by atoms with E-state index in [4.69, 9.17) is 4.74 Å². The molecule has 6 nitrogen and oxygen atoms in total. The molecule has 0 aromatic heterocycles. The minimum absolute atomic E-state index is 0.107. The normalized spacial score (nSPS) is 17.8. The first-order valence-electron chi connectivity index (χ1n) is 11.7. The van der Waals surface area contributed by atoms with Gasteiger partial charge >= 0.3 is 0 Å². The van der Waals surface area contributed by atoms with E-state index < -0.39 is 17.7 Å². The largest absolute Gasteiger partial charge is 0.507 e. The van der Waals surface area contributed by atoms with Gasteiger partial charge in [0.25, 0.3) is 11.7 Å². The van der Waals surface area contributed by atoms with Crippen molar-refractivity contribution in [2.24, 2.45) is 0 Å². The lowest BCUT2D eigenvalue weighted by atomic mass is 9.92. The van der Waals surface area contributed by atoms with E-state index in [1.165, 1.54) is 12.7 Å². The Balaban J connectivity index is 2.19. The van der Waals surface area contributed by atoms with Crippen LogP contribution in [0.2, 0.25) is 0 Å². The molecule has 6 heteroatoms. The first kappa shape index (κ1) is 25.5. The summed E-state index contributed by atoms with van der Waals surface area (Å²) in [5.41, 5.74) is 4.29. The van der Waals surface area contributed by atoms with E-state index in [9.17, 15) is 14.7 Å². The molecule has 1 fully saturated rings. The van der Waals surface area contributed by atoms with E-state index in [2.05, 4.69) is 13.8 Å². The Labute approximate surface area is 202 Å². The number of carbonyl (C=O) groups excluding carboxylic acids is 2. The number of Topliss-reactive ketones (excluding diaryl/α,β-unsaturated/α-hetero) is 1. The van der Waals surface area contributed by atoms with Crippen molar-refractivity contribution in [1.29, 1.82) is 0 Å². The van der Waals surface area contributed by atoms with Crippen LogP contribution in [0.15, 0.2) is 42.0 Å². The lowest BCUT2D eigenvalue weighted by Gasteiger charge is -2.26. The molecule has 0 saturated carbocycles. The molecule has 34 heavy (non-hydrogen) atoms. The zero-order valence-electron chi connectivity index (χ0n) is 21.3. The Bertz CT molecular complexity index is 1100. The number of ketones is 1. The smallest absolute Gasteiger partial charge is 0.295 e. The number of ether oxygens (including phenoxy) is 1. The fraction of sp³-hybridized carbons (Fsp3) is 0.429. The summed E-state index contributed by atoms with van der Waals surface area (Å²) in [4.78, 5) is 30.1. The van der Waals surface area contributed by atoms with Crippen LogP contribution in [-0.4, -0.2) is 60.9 Å². The monoisotopic (exact) mass is 464 g/mol. The average molecular weight is 465 g/mol. The van der Waals surface area contributed by atoms with Gasteiger partial charge in [-0.05, 0) is 75.1 Å². The number of hydrogen-bond donors (Lipinski definition) is 1. The van der Waals surface area contributed by atoms with Crippen molar-refractivity contribution in [2.45, 2.75) is 46.1 Å². The molecule has 1 amide bonds. The van der Waals surface area contributed by atoms with Crippen LogP contribution in [0.5, 0.6) is 5.75 Å². The molecule has 0 spiro atoms. The van der Waals surface area contributed by atoms with Crippen molar-refractivity contribution in [3.05, 3.63) is 69.8 Å². The third-order valence-electron chi connectivity index (χ3n) is 6.34. The van der Waals surface area contributed by atoms with E-state index in [1.54, 1.807) is 11.0 Å². The maximum Gasteiger partial charge on any atom is 0.295 e. The van der Waals surface area contributed by atoms with E-state index in [0.717, 1.165) is 23.2 Å². The summed E-state index contributed by atoms with van der Waals surface area (Å²) in [6, 6.07) is 11.0. The van der Waals surface area contributed by atoms with Crippen LogP contribution in [0, 0.1) is 13.8 Å². The summed E-state index contributed by atoms with van der Waals surface area (Å²) in [7, 11) is 5.49. The Morgan fingerprint density at radius 1 is 1.12 bits per heavy atom. The van der Waals surface area contributed by atoms with E-state index in [0.29, 0.717) is 30.2 Å². The molecule has 1 atom stereocenters. The molecule has 3 rings (SSSR count). The van der Waals surface area contributed by atoms with Gasteiger partial charge in [0.15, 0.2) is 0 Å². The zero-order valence-corrected chi connectivity index (χ0v) is 21.3. The number of amides is 1. The number of hydrogen-bond acceptors (Lipinski definition) is 5. The van der Waals surface area contributed by atoms with Gasteiger partial charge in [-0.1, -0.05) is 44.2 Å². The van der Waals surface area contributed by atoms with E-state index >= 15 is 0 Å². The van der Waals surface area contributed by atoms with Crippen LogP contribution < -0.4 is 4.74 Å². The zero-order chi connectivity index (χ0) is 25.2. The Kier molecular flexibility index (Phi) is 7.82. The van der Waals surface area contributed by atoms with Crippen molar-refractivity contribution < 1.29 is 19.4 Å². The maximum absolute atomic E-state index is 13.3. The molecule has 0 radical (unpaired) electrons. The molecular weight excluding hydrogens is 428 g/mol. The summed E-state index contributed by atoms with van der Waals surface area (Å²) in [5.74, 6) is -0.589. The van der Waals surface area contributed by atoms with Crippen molar-refractivity contribution in [3.8, 4) is 5.75 Å². The molecule has 1 unspecified atom stereocenters. The number of carbonyl (C=O) groups is 2. The highest BCUT2D eigenvalue weighted by molar-refractivity contribution is 6.46. The van der Waals surface area contributed by atoms with Crippen molar-refractivity contribution in [3.63, 3.8) is 0 Å². The topological polar surface area (TPSA) is 70.1 Å². The number of methoxy groups -OCH3 is 1. The first-order valence-corrected chi connectivity index (χ1v) is 11.7. The third kappa shape index (κ3) is 5.02. The summed E-state index contributed by atoms with van der Waals surface area (Å²) in [5, 5.41) is 11.5. The summed E-state index contributed by atoms with van der Waals surface area (Å²) in [6.45, 7) is 9.26. The summed E-state index contributed by atoms with van der Waals surface area (Å²) < 4.78 is 5.57. The molecule has 0 bridgehead atoms. The van der Waals surface area contributed by atoms with Crippen LogP contribution in [0.3, 0.4) is 0 Å². The molecule has 2 aromatic carbocycles. The first-order chi connectivity index (χ1) is 16.1. The molecule has 1 aliphatic rings. The number of benzene rings is 2. The average Bonchev–Trinajstić information content (AvgIpc) is 3.03. The van der Waals surface area contributed by atoms with Crippen LogP contribution in [0.1, 0.15) is 60.0 Å². The van der Waals surface area contributed by atoms with Gasteiger partial charge in [0.1, 0.15) is 11.5 Å². The second-order valence-corrected chi connectivity index (χ2v) is 9.63. The molecule has 1 heterocycles. The van der Waals surface area contributed by atoms with Crippen LogP contribution >= 0.6 is 0 Å². The standard InChI is InChI=1S/C28H36N2O4/c1-17(2)20-9-11-21(12-10-20)24-23(26(32)28(33)30(24)14-8-13-29(5)6)25(31)22-16-18(3)15-19(4)27(22)34-7/h9-12,15-17,24,31H,8,13-14H2,1-7H3/b25-23+. The summed E-state index contributed by atoms with van der Waals surface area (Å²) >= 11 is 0. The highest BCUT2D eigenvalue weighted by atomic mass is 16.5. The van der Waals surface area contributed by atoms with Gasteiger partial charge in [-0.2, -0.15) is 0 Å². The van der Waals surface area contributed by atoms with Gasteiger partial charge < -0.3 is 19.6 Å². The molecule has 182 valence electrons. The van der Waals surface area contributed by atoms with Gasteiger partial charge in [-0.15, -0.1) is 0 Å². The molecule has 1 aliphatic heterocycles. The summed E-state index contributed by atoms with van der Waals surface area (Å²) in [6.07, 6.45) is 0.716.